The topological polar surface area (TPSA) is 51.8 Å². The number of aryl methyl sites for hydroxylation is 4. The number of aromatic nitrogens is 3. The summed E-state index contributed by atoms with van der Waals surface area (Å²) in [4.78, 5) is 13.4. The number of furan rings is 1. The molecule has 0 aliphatic rings. The monoisotopic (exact) mass is 698 g/mol. The van der Waals surface area contributed by atoms with Crippen molar-refractivity contribution in [1.82, 2.24) is 15.0 Å². The Labute approximate surface area is 247 Å². The minimum absolute atomic E-state index is 0. The second-order valence-electron chi connectivity index (χ2n) is 9.81. The van der Waals surface area contributed by atoms with Gasteiger partial charge in [-0.3, -0.25) is 4.98 Å². The zero-order chi connectivity index (χ0) is 26.9. The molecule has 40 heavy (non-hydrogen) atoms. The first kappa shape index (κ1) is 27.4. The number of hydrogen-bond donors (Lipinski definition) is 0. The van der Waals surface area contributed by atoms with Gasteiger partial charge in [-0.2, -0.15) is 0 Å². The summed E-state index contributed by atoms with van der Waals surface area (Å²) in [5.41, 5.74) is 11.2. The van der Waals surface area contributed by atoms with Gasteiger partial charge in [0.15, 0.2) is 0 Å². The smallest absolute Gasteiger partial charge is 0.130 e. The molecule has 0 unspecified atom stereocenters. The van der Waals surface area contributed by atoms with Crippen molar-refractivity contribution in [2.75, 3.05) is 0 Å². The van der Waals surface area contributed by atoms with Crippen molar-refractivity contribution in [2.24, 2.45) is 0 Å². The van der Waals surface area contributed by atoms with Gasteiger partial charge in [0, 0.05) is 49.0 Å². The number of hydrogen-bond acceptors (Lipinski definition) is 4. The second-order valence-corrected chi connectivity index (χ2v) is 9.81. The second kappa shape index (κ2) is 11.5. The van der Waals surface area contributed by atoms with Crippen molar-refractivity contribution in [3.63, 3.8) is 0 Å². The third-order valence-electron chi connectivity index (χ3n) is 6.94. The number of pyridine rings is 3. The Morgan fingerprint density at radius 3 is 2.27 bits per heavy atom. The van der Waals surface area contributed by atoms with E-state index in [0.717, 1.165) is 61.1 Å². The summed E-state index contributed by atoms with van der Waals surface area (Å²) in [6.45, 7) is 8.24. The van der Waals surface area contributed by atoms with Gasteiger partial charge in [0.2, 0.25) is 0 Å². The van der Waals surface area contributed by atoms with E-state index in [2.05, 4.69) is 84.3 Å². The molecule has 0 saturated heterocycles. The summed E-state index contributed by atoms with van der Waals surface area (Å²) in [6.07, 6.45) is 3.70. The summed E-state index contributed by atoms with van der Waals surface area (Å²) in [7, 11) is 0. The summed E-state index contributed by atoms with van der Waals surface area (Å²) in [5, 5.41) is 3.20. The van der Waals surface area contributed by atoms with Crippen LogP contribution in [0, 0.1) is 39.8 Å². The van der Waals surface area contributed by atoms with E-state index >= 15 is 0 Å². The van der Waals surface area contributed by atoms with Gasteiger partial charge >= 0.3 is 0 Å². The Balaban J connectivity index is 0.000000175. The van der Waals surface area contributed by atoms with Gasteiger partial charge in [-0.05, 0) is 68.1 Å². The summed E-state index contributed by atoms with van der Waals surface area (Å²) < 4.78 is 6.28. The minimum atomic E-state index is 0. The molecule has 3 aromatic carbocycles. The zero-order valence-corrected chi connectivity index (χ0v) is 25.1. The maximum Gasteiger partial charge on any atom is 0.130 e. The standard InChI is InChI=1S/C21H13N2O.C14H14N.Ir/c1-13-8-9-17-19(23-13)11-10-15-14-5-4-6-16(20(14)24-21(15)17)18-7-2-3-12-22-18;1-10-4-6-13(7-5-10)14-8-11(2)12(3)9-15-14;/h2-5,7-12H,1H3;4-6,8-9H,1-3H3;/q2*-1;. The molecule has 4 nitrogen and oxygen atoms in total. The molecular formula is C35H27IrN3O-2. The SMILES string of the molecule is Cc1c[c-]c(-c2cc(C)c(C)cn2)cc1.Cc1ccc2c(ccc3c4cc[c-]c(-c5ccccn5)c4oc23)n1.[Ir]. The number of rotatable bonds is 2. The maximum atomic E-state index is 6.28. The third-order valence-corrected chi connectivity index (χ3v) is 6.94. The van der Waals surface area contributed by atoms with Crippen LogP contribution in [0.1, 0.15) is 22.4 Å². The molecule has 4 aromatic heterocycles. The van der Waals surface area contributed by atoms with Gasteiger partial charge in [-0.1, -0.05) is 41.6 Å². The van der Waals surface area contributed by atoms with E-state index in [1.807, 2.05) is 55.6 Å². The number of nitrogens with zero attached hydrogens (tertiary/aromatic N) is 3. The Hall–Kier alpha value is -4.18. The van der Waals surface area contributed by atoms with E-state index in [4.69, 9.17) is 4.42 Å². The normalized spacial score (nSPS) is 10.8. The number of benzene rings is 3. The summed E-state index contributed by atoms with van der Waals surface area (Å²) in [5.74, 6) is 0. The Morgan fingerprint density at radius 1 is 0.700 bits per heavy atom. The molecule has 0 aliphatic heterocycles. The summed E-state index contributed by atoms with van der Waals surface area (Å²) in [6, 6.07) is 32.8. The number of fused-ring (bicyclic) bond motifs is 5. The largest absolute Gasteiger partial charge is 0.500 e. The predicted molar refractivity (Wildman–Crippen MR) is 159 cm³/mol. The molecule has 0 spiro atoms. The fraction of sp³-hybridized carbons (Fsp3) is 0.114. The van der Waals surface area contributed by atoms with Crippen LogP contribution in [0.25, 0.3) is 55.4 Å². The van der Waals surface area contributed by atoms with Crippen LogP contribution in [0.3, 0.4) is 0 Å². The average Bonchev–Trinajstić information content (AvgIpc) is 3.35. The van der Waals surface area contributed by atoms with Crippen molar-refractivity contribution in [1.29, 1.82) is 0 Å². The van der Waals surface area contributed by atoms with Crippen molar-refractivity contribution in [3.05, 3.63) is 126 Å². The summed E-state index contributed by atoms with van der Waals surface area (Å²) >= 11 is 0. The average molecular weight is 698 g/mol. The molecule has 5 heteroatoms. The maximum absolute atomic E-state index is 6.28. The van der Waals surface area contributed by atoms with Crippen LogP contribution in [0.15, 0.2) is 95.7 Å². The van der Waals surface area contributed by atoms with Crippen LogP contribution in [0.4, 0.5) is 0 Å². The van der Waals surface area contributed by atoms with Crippen LogP contribution in [-0.4, -0.2) is 15.0 Å². The van der Waals surface area contributed by atoms with Gasteiger partial charge in [0.05, 0.1) is 11.1 Å². The molecule has 1 radical (unpaired) electrons. The predicted octanol–water partition coefficient (Wildman–Crippen LogP) is 8.78. The first-order valence-corrected chi connectivity index (χ1v) is 12.9. The van der Waals surface area contributed by atoms with Gasteiger partial charge < -0.3 is 14.4 Å². The molecular weight excluding hydrogens is 671 g/mol. The van der Waals surface area contributed by atoms with E-state index in [-0.39, 0.29) is 20.1 Å². The van der Waals surface area contributed by atoms with Crippen LogP contribution < -0.4 is 0 Å². The van der Waals surface area contributed by atoms with E-state index < -0.39 is 0 Å². The first-order chi connectivity index (χ1) is 19.0. The fourth-order valence-electron chi connectivity index (χ4n) is 4.64. The van der Waals surface area contributed by atoms with Crippen molar-refractivity contribution in [2.45, 2.75) is 27.7 Å². The van der Waals surface area contributed by atoms with E-state index in [9.17, 15) is 0 Å². The van der Waals surface area contributed by atoms with Crippen LogP contribution in [0.2, 0.25) is 0 Å². The minimum Gasteiger partial charge on any atom is -0.500 e. The Kier molecular flexibility index (Phi) is 7.88. The molecule has 7 aromatic rings. The van der Waals surface area contributed by atoms with Gasteiger partial charge in [-0.25, -0.2) is 0 Å². The molecule has 4 heterocycles. The molecule has 7 rings (SSSR count). The van der Waals surface area contributed by atoms with Crippen LogP contribution in [-0.2, 0) is 20.1 Å². The molecule has 0 fully saturated rings. The molecule has 0 saturated carbocycles. The van der Waals surface area contributed by atoms with Gasteiger partial charge in [0.25, 0.3) is 0 Å². The van der Waals surface area contributed by atoms with Crippen molar-refractivity contribution < 1.29 is 24.5 Å². The van der Waals surface area contributed by atoms with Crippen LogP contribution in [0.5, 0.6) is 0 Å². The van der Waals surface area contributed by atoms with Crippen LogP contribution >= 0.6 is 0 Å². The molecule has 0 amide bonds. The van der Waals surface area contributed by atoms with E-state index in [0.29, 0.717) is 0 Å². The van der Waals surface area contributed by atoms with E-state index in [1.54, 1.807) is 6.20 Å². The Morgan fingerprint density at radius 2 is 1.52 bits per heavy atom. The molecule has 0 atom stereocenters. The van der Waals surface area contributed by atoms with Crippen molar-refractivity contribution >= 4 is 32.8 Å². The third kappa shape index (κ3) is 5.31. The van der Waals surface area contributed by atoms with Crippen molar-refractivity contribution in [3.8, 4) is 22.5 Å². The van der Waals surface area contributed by atoms with E-state index in [1.165, 1.54) is 16.7 Å². The van der Waals surface area contributed by atoms with Gasteiger partial charge in [0.1, 0.15) is 5.58 Å². The first-order valence-electron chi connectivity index (χ1n) is 12.9. The molecule has 0 aliphatic carbocycles. The zero-order valence-electron chi connectivity index (χ0n) is 22.7. The quantitative estimate of drug-likeness (QED) is 0.170. The fourth-order valence-corrected chi connectivity index (χ4v) is 4.64. The van der Waals surface area contributed by atoms with Gasteiger partial charge in [-0.15, -0.1) is 53.6 Å². The Bertz CT molecular complexity index is 1940. The molecule has 199 valence electrons. The molecule has 0 bridgehead atoms. The molecule has 0 N–H and O–H groups in total.